The summed E-state index contributed by atoms with van der Waals surface area (Å²) in [5.41, 5.74) is 5.93. The summed E-state index contributed by atoms with van der Waals surface area (Å²) in [6.07, 6.45) is 2.66. The first-order valence-electron chi connectivity index (χ1n) is 9.47. The van der Waals surface area contributed by atoms with Gasteiger partial charge in [-0.1, -0.05) is 24.3 Å². The Balaban J connectivity index is 1.45. The van der Waals surface area contributed by atoms with Crippen LogP contribution in [0.2, 0.25) is 0 Å². The number of carbonyl (C=O) groups is 2. The smallest absolute Gasteiger partial charge is 0.277 e. The summed E-state index contributed by atoms with van der Waals surface area (Å²) in [6, 6.07) is 19.3. The molecule has 0 aromatic heterocycles. The Morgan fingerprint density at radius 3 is 1.88 bits per heavy atom. The van der Waals surface area contributed by atoms with Crippen molar-refractivity contribution in [2.75, 3.05) is 6.61 Å². The van der Waals surface area contributed by atoms with Gasteiger partial charge in [0, 0.05) is 16.7 Å². The third-order valence-electron chi connectivity index (χ3n) is 4.12. The molecule has 0 aliphatic heterocycles. The lowest BCUT2D eigenvalue weighted by atomic mass is 10.2. The van der Waals surface area contributed by atoms with Crippen molar-refractivity contribution < 1.29 is 24.5 Å². The Hall–Kier alpha value is -4.66. The van der Waals surface area contributed by atoms with Gasteiger partial charge in [-0.3, -0.25) is 9.59 Å². The van der Waals surface area contributed by atoms with Crippen LogP contribution in [0.4, 0.5) is 0 Å². The van der Waals surface area contributed by atoms with Gasteiger partial charge in [0.1, 0.15) is 17.2 Å². The number of benzene rings is 3. The molecule has 0 atom stereocenters. The summed E-state index contributed by atoms with van der Waals surface area (Å²) in [5.74, 6) is -0.440. The second-order valence-corrected chi connectivity index (χ2v) is 6.42. The molecule has 0 aliphatic carbocycles. The number of nitrogens with one attached hydrogen (secondary N) is 2. The normalized spacial score (nSPS) is 10.9. The minimum atomic E-state index is -0.489. The first kappa shape index (κ1) is 22.0. The zero-order chi connectivity index (χ0) is 22.8. The predicted molar refractivity (Wildman–Crippen MR) is 119 cm³/mol. The van der Waals surface area contributed by atoms with Crippen molar-refractivity contribution in [3.63, 3.8) is 0 Å². The fraction of sp³-hybridized carbons (Fsp3) is 0.0435. The number of phenols is 2. The second kappa shape index (κ2) is 10.9. The van der Waals surface area contributed by atoms with Crippen LogP contribution in [0.25, 0.3) is 0 Å². The van der Waals surface area contributed by atoms with Crippen molar-refractivity contribution in [1.29, 1.82) is 0 Å². The number of aromatic hydroxyl groups is 2. The molecule has 4 N–H and O–H groups in total. The molecule has 162 valence electrons. The third-order valence-corrected chi connectivity index (χ3v) is 4.12. The zero-order valence-corrected chi connectivity index (χ0v) is 16.8. The van der Waals surface area contributed by atoms with Crippen LogP contribution in [-0.2, 0) is 4.79 Å². The highest BCUT2D eigenvalue weighted by atomic mass is 16.5. The van der Waals surface area contributed by atoms with Crippen LogP contribution in [0.3, 0.4) is 0 Å². The summed E-state index contributed by atoms with van der Waals surface area (Å²) in [4.78, 5) is 23.9. The standard InChI is InChI=1S/C23H20N4O5/c28-20-7-3-1-5-17(20)13-24-26-22(30)15-32-19-11-9-16(10-12-19)23(31)27-25-14-18-6-2-4-8-21(18)29/h1-14,28-29H,15H2,(H,26,30)(H,27,31)/b24-13+,25-14+. The van der Waals surface area contributed by atoms with E-state index in [1.165, 1.54) is 36.7 Å². The first-order valence-corrected chi connectivity index (χ1v) is 9.47. The fourth-order valence-corrected chi connectivity index (χ4v) is 2.48. The Bertz CT molecular complexity index is 1140. The van der Waals surface area contributed by atoms with E-state index in [1.54, 1.807) is 48.5 Å². The topological polar surface area (TPSA) is 133 Å². The van der Waals surface area contributed by atoms with E-state index < -0.39 is 11.8 Å². The molecular weight excluding hydrogens is 412 g/mol. The van der Waals surface area contributed by atoms with Crippen molar-refractivity contribution in [2.45, 2.75) is 0 Å². The van der Waals surface area contributed by atoms with Crippen LogP contribution >= 0.6 is 0 Å². The number of nitrogens with zero attached hydrogens (tertiary/aromatic N) is 2. The highest BCUT2D eigenvalue weighted by molar-refractivity contribution is 5.95. The van der Waals surface area contributed by atoms with E-state index in [2.05, 4.69) is 21.1 Å². The number of amides is 2. The average Bonchev–Trinajstić information content (AvgIpc) is 2.80. The van der Waals surface area contributed by atoms with Crippen LogP contribution in [0.15, 0.2) is 83.0 Å². The molecular formula is C23H20N4O5. The molecule has 3 aromatic carbocycles. The maximum absolute atomic E-state index is 12.1. The van der Waals surface area contributed by atoms with Gasteiger partial charge in [-0.15, -0.1) is 0 Å². The lowest BCUT2D eigenvalue weighted by Crippen LogP contribution is -2.24. The van der Waals surface area contributed by atoms with E-state index in [1.807, 2.05) is 0 Å². The van der Waals surface area contributed by atoms with Crippen LogP contribution in [-0.4, -0.2) is 41.1 Å². The van der Waals surface area contributed by atoms with Gasteiger partial charge in [0.2, 0.25) is 0 Å². The number of ether oxygens (including phenoxy) is 1. The van der Waals surface area contributed by atoms with E-state index in [0.717, 1.165) is 0 Å². The lowest BCUT2D eigenvalue weighted by Gasteiger charge is -2.06. The van der Waals surface area contributed by atoms with Gasteiger partial charge in [0.15, 0.2) is 6.61 Å². The van der Waals surface area contributed by atoms with Crippen molar-refractivity contribution in [1.82, 2.24) is 10.9 Å². The van der Waals surface area contributed by atoms with Gasteiger partial charge in [0.25, 0.3) is 11.8 Å². The highest BCUT2D eigenvalue weighted by Gasteiger charge is 2.06. The van der Waals surface area contributed by atoms with E-state index >= 15 is 0 Å². The van der Waals surface area contributed by atoms with Crippen LogP contribution < -0.4 is 15.6 Å². The maximum atomic E-state index is 12.1. The molecule has 0 saturated carbocycles. The molecule has 0 unspecified atom stereocenters. The maximum Gasteiger partial charge on any atom is 0.277 e. The van der Waals surface area contributed by atoms with E-state index in [9.17, 15) is 19.8 Å². The molecule has 3 rings (SSSR count). The molecule has 3 aromatic rings. The molecule has 0 radical (unpaired) electrons. The Morgan fingerprint density at radius 2 is 1.31 bits per heavy atom. The SMILES string of the molecule is O=C(COc1ccc(C(=O)N/N=C/c2ccccc2O)cc1)N/N=C/c1ccccc1O. The number of hydrogen-bond donors (Lipinski definition) is 4. The van der Waals surface area contributed by atoms with Gasteiger partial charge in [-0.2, -0.15) is 10.2 Å². The van der Waals surface area contributed by atoms with Crippen LogP contribution in [0.5, 0.6) is 17.2 Å². The molecule has 0 spiro atoms. The Morgan fingerprint density at radius 1 is 0.781 bits per heavy atom. The second-order valence-electron chi connectivity index (χ2n) is 6.42. The largest absolute Gasteiger partial charge is 0.507 e. The molecule has 9 heteroatoms. The number of hydrogen-bond acceptors (Lipinski definition) is 7. The van der Waals surface area contributed by atoms with Crippen LogP contribution in [0, 0.1) is 0 Å². The summed E-state index contributed by atoms with van der Waals surface area (Å²) in [7, 11) is 0. The zero-order valence-electron chi connectivity index (χ0n) is 16.8. The molecule has 9 nitrogen and oxygen atoms in total. The molecule has 0 aliphatic rings. The summed E-state index contributed by atoms with van der Waals surface area (Å²) < 4.78 is 5.36. The number of carbonyl (C=O) groups excluding carboxylic acids is 2. The summed E-state index contributed by atoms with van der Waals surface area (Å²) >= 11 is 0. The molecule has 32 heavy (non-hydrogen) atoms. The predicted octanol–water partition coefficient (Wildman–Crippen LogP) is 2.39. The Kier molecular flexibility index (Phi) is 7.53. The lowest BCUT2D eigenvalue weighted by molar-refractivity contribution is -0.123. The van der Waals surface area contributed by atoms with E-state index in [-0.39, 0.29) is 18.1 Å². The van der Waals surface area contributed by atoms with Gasteiger partial charge < -0.3 is 14.9 Å². The van der Waals surface area contributed by atoms with E-state index in [0.29, 0.717) is 22.4 Å². The third kappa shape index (κ3) is 6.42. The number of para-hydroxylation sites is 2. The van der Waals surface area contributed by atoms with Crippen LogP contribution in [0.1, 0.15) is 21.5 Å². The van der Waals surface area contributed by atoms with Gasteiger partial charge in [0.05, 0.1) is 12.4 Å². The summed E-state index contributed by atoms with van der Waals surface area (Å²) in [6.45, 7) is -0.283. The minimum absolute atomic E-state index is 0.0507. The average molecular weight is 432 g/mol. The molecule has 2 amide bonds. The van der Waals surface area contributed by atoms with E-state index in [4.69, 9.17) is 4.74 Å². The van der Waals surface area contributed by atoms with Gasteiger partial charge >= 0.3 is 0 Å². The number of rotatable bonds is 8. The highest BCUT2D eigenvalue weighted by Crippen LogP contribution is 2.14. The van der Waals surface area contributed by atoms with Crippen molar-refractivity contribution in [3.8, 4) is 17.2 Å². The van der Waals surface area contributed by atoms with Crippen molar-refractivity contribution >= 4 is 24.2 Å². The molecule has 0 bridgehead atoms. The van der Waals surface area contributed by atoms with Gasteiger partial charge in [-0.05, 0) is 48.5 Å². The van der Waals surface area contributed by atoms with Gasteiger partial charge in [-0.25, -0.2) is 10.9 Å². The quantitative estimate of drug-likeness (QED) is 0.320. The number of hydrazone groups is 2. The Labute approximate surface area is 183 Å². The minimum Gasteiger partial charge on any atom is -0.507 e. The first-order chi connectivity index (χ1) is 15.5. The fourth-order valence-electron chi connectivity index (χ4n) is 2.48. The molecule has 0 heterocycles. The van der Waals surface area contributed by atoms with Crippen molar-refractivity contribution in [3.05, 3.63) is 89.5 Å². The summed E-state index contributed by atoms with van der Waals surface area (Å²) in [5, 5.41) is 26.9. The molecule has 0 saturated heterocycles. The molecule has 0 fully saturated rings. The number of phenolic OH excluding ortho intramolecular Hbond substituents is 2. The van der Waals surface area contributed by atoms with Crippen molar-refractivity contribution in [2.24, 2.45) is 10.2 Å². The monoisotopic (exact) mass is 432 g/mol.